The standard InChI is InChI=1S/C13H14FN2O/c1-9-7-16(8-15(9)3)13-5-4-11(10(2)17)6-12(13)14/h4-8H,1-3H3/q+1. The van der Waals surface area contributed by atoms with Crippen LogP contribution < -0.4 is 4.57 Å². The van der Waals surface area contributed by atoms with Crippen molar-refractivity contribution in [2.45, 2.75) is 13.8 Å². The van der Waals surface area contributed by atoms with Gasteiger partial charge >= 0.3 is 0 Å². The van der Waals surface area contributed by atoms with Crippen LogP contribution >= 0.6 is 0 Å². The van der Waals surface area contributed by atoms with Crippen molar-refractivity contribution in [2.24, 2.45) is 7.05 Å². The average Bonchev–Trinajstić information content (AvgIpc) is 2.58. The van der Waals surface area contributed by atoms with E-state index in [1.807, 2.05) is 24.7 Å². The first-order chi connectivity index (χ1) is 7.99. The molecule has 1 aromatic heterocycles. The van der Waals surface area contributed by atoms with Crippen molar-refractivity contribution in [2.75, 3.05) is 0 Å². The number of Topliss-reactive ketones (excluding diaryl/α,β-unsaturated/α-hetero) is 1. The Morgan fingerprint density at radius 2 is 2.12 bits per heavy atom. The number of rotatable bonds is 2. The fourth-order valence-corrected chi connectivity index (χ4v) is 1.67. The van der Waals surface area contributed by atoms with Crippen molar-refractivity contribution in [3.63, 3.8) is 0 Å². The van der Waals surface area contributed by atoms with E-state index in [4.69, 9.17) is 0 Å². The second-order valence-electron chi connectivity index (χ2n) is 4.13. The Balaban J connectivity index is 2.50. The summed E-state index contributed by atoms with van der Waals surface area (Å²) < 4.78 is 17.5. The molecule has 88 valence electrons. The van der Waals surface area contributed by atoms with Gasteiger partial charge < -0.3 is 0 Å². The van der Waals surface area contributed by atoms with Crippen molar-refractivity contribution in [3.05, 3.63) is 47.8 Å². The van der Waals surface area contributed by atoms with Gasteiger partial charge in [-0.2, -0.15) is 4.57 Å². The second-order valence-corrected chi connectivity index (χ2v) is 4.13. The average molecular weight is 233 g/mol. The summed E-state index contributed by atoms with van der Waals surface area (Å²) in [5.41, 5.74) is 1.86. The Hall–Kier alpha value is -1.97. The van der Waals surface area contributed by atoms with Gasteiger partial charge in [0.25, 0.3) is 0 Å². The fourth-order valence-electron chi connectivity index (χ4n) is 1.67. The summed E-state index contributed by atoms with van der Waals surface area (Å²) in [5.74, 6) is -0.530. The predicted octanol–water partition coefficient (Wildman–Crippen LogP) is 1.95. The van der Waals surface area contributed by atoms with E-state index in [1.165, 1.54) is 13.0 Å². The number of aromatic nitrogens is 2. The van der Waals surface area contributed by atoms with Gasteiger partial charge in [-0.25, -0.2) is 8.96 Å². The monoisotopic (exact) mass is 233 g/mol. The van der Waals surface area contributed by atoms with E-state index >= 15 is 0 Å². The smallest absolute Gasteiger partial charge is 0.249 e. The minimum Gasteiger partial charge on any atom is -0.295 e. The molecule has 0 radical (unpaired) electrons. The van der Waals surface area contributed by atoms with E-state index in [0.29, 0.717) is 11.3 Å². The number of carbonyl (C=O) groups excluding carboxylic acids is 1. The third kappa shape index (κ3) is 2.11. The first-order valence-electron chi connectivity index (χ1n) is 5.34. The zero-order valence-corrected chi connectivity index (χ0v) is 10.1. The highest BCUT2D eigenvalue weighted by molar-refractivity contribution is 5.94. The van der Waals surface area contributed by atoms with Crippen LogP contribution in [0, 0.1) is 12.7 Å². The van der Waals surface area contributed by atoms with Gasteiger partial charge in [0, 0.05) is 12.5 Å². The summed E-state index contributed by atoms with van der Waals surface area (Å²) in [6, 6.07) is 4.52. The summed E-state index contributed by atoms with van der Waals surface area (Å²) in [5, 5.41) is 0. The third-order valence-electron chi connectivity index (χ3n) is 2.81. The van der Waals surface area contributed by atoms with Gasteiger partial charge in [0.05, 0.1) is 7.05 Å². The van der Waals surface area contributed by atoms with Crippen LogP contribution in [0.1, 0.15) is 23.0 Å². The third-order valence-corrected chi connectivity index (χ3v) is 2.81. The van der Waals surface area contributed by atoms with Crippen molar-refractivity contribution >= 4 is 5.78 Å². The highest BCUT2D eigenvalue weighted by atomic mass is 19.1. The number of benzene rings is 1. The number of halogens is 1. The van der Waals surface area contributed by atoms with Crippen LogP contribution in [0.3, 0.4) is 0 Å². The van der Waals surface area contributed by atoms with Crippen LogP contribution in [0.4, 0.5) is 4.39 Å². The molecule has 0 aliphatic heterocycles. The summed E-state index contributed by atoms with van der Waals surface area (Å²) in [4.78, 5) is 11.1. The first kappa shape index (κ1) is 11.5. The van der Waals surface area contributed by atoms with Crippen molar-refractivity contribution in [1.82, 2.24) is 4.57 Å². The van der Waals surface area contributed by atoms with Gasteiger partial charge in [0.2, 0.25) is 6.33 Å². The molecule has 0 amide bonds. The van der Waals surface area contributed by atoms with Crippen LogP contribution in [0.15, 0.2) is 30.7 Å². The quantitative estimate of drug-likeness (QED) is 0.575. The number of ketones is 1. The van der Waals surface area contributed by atoms with Gasteiger partial charge in [-0.1, -0.05) is 0 Å². The maximum absolute atomic E-state index is 13.9. The minimum atomic E-state index is -0.395. The van der Waals surface area contributed by atoms with E-state index in [9.17, 15) is 9.18 Å². The molecule has 4 heteroatoms. The zero-order chi connectivity index (χ0) is 12.6. The predicted molar refractivity (Wildman–Crippen MR) is 61.6 cm³/mol. The van der Waals surface area contributed by atoms with E-state index in [0.717, 1.165) is 5.69 Å². The minimum absolute atomic E-state index is 0.135. The van der Waals surface area contributed by atoms with Crippen molar-refractivity contribution in [3.8, 4) is 5.69 Å². The molecule has 0 atom stereocenters. The zero-order valence-electron chi connectivity index (χ0n) is 10.1. The fraction of sp³-hybridized carbons (Fsp3) is 0.231. The topological polar surface area (TPSA) is 25.9 Å². The Bertz CT molecular complexity index is 568. The highest BCUT2D eigenvalue weighted by Crippen LogP contribution is 2.11. The van der Waals surface area contributed by atoms with Crippen molar-refractivity contribution in [1.29, 1.82) is 0 Å². The van der Waals surface area contributed by atoms with Gasteiger partial charge in [0.1, 0.15) is 11.9 Å². The molecular formula is C13H14FN2O+. The normalized spacial score (nSPS) is 10.6. The molecule has 0 fully saturated rings. The second kappa shape index (κ2) is 4.13. The molecule has 17 heavy (non-hydrogen) atoms. The van der Waals surface area contributed by atoms with Crippen LogP contribution in [-0.2, 0) is 7.05 Å². The number of carbonyl (C=O) groups is 1. The summed E-state index contributed by atoms with van der Waals surface area (Å²) in [7, 11) is 1.90. The Morgan fingerprint density at radius 3 is 2.59 bits per heavy atom. The van der Waals surface area contributed by atoms with Gasteiger partial charge in [-0.15, -0.1) is 0 Å². The lowest BCUT2D eigenvalue weighted by Gasteiger charge is -2.00. The highest BCUT2D eigenvalue weighted by Gasteiger charge is 2.14. The molecule has 1 heterocycles. The molecule has 0 bridgehead atoms. The van der Waals surface area contributed by atoms with E-state index in [-0.39, 0.29) is 5.78 Å². The Labute approximate surface area is 99.1 Å². The SMILES string of the molecule is CC(=O)c1ccc(-[n+]2cc(C)n(C)c2)c(F)c1. The largest absolute Gasteiger partial charge is 0.295 e. The molecular weight excluding hydrogens is 219 g/mol. The van der Waals surface area contributed by atoms with Crippen LogP contribution in [0.25, 0.3) is 5.69 Å². The maximum atomic E-state index is 13.9. The number of hydrogen-bond donors (Lipinski definition) is 0. The molecule has 0 aliphatic rings. The van der Waals surface area contributed by atoms with E-state index < -0.39 is 5.82 Å². The summed E-state index contributed by atoms with van der Waals surface area (Å²) in [6.07, 6.45) is 3.63. The van der Waals surface area contributed by atoms with Crippen LogP contribution in [0.5, 0.6) is 0 Å². The number of nitrogens with zero attached hydrogens (tertiary/aromatic N) is 2. The molecule has 0 spiro atoms. The van der Waals surface area contributed by atoms with Crippen LogP contribution in [-0.4, -0.2) is 10.4 Å². The molecule has 0 unspecified atom stereocenters. The number of aryl methyl sites for hydroxylation is 2. The molecule has 3 nitrogen and oxygen atoms in total. The molecule has 0 aliphatic carbocycles. The van der Waals surface area contributed by atoms with Crippen LogP contribution in [0.2, 0.25) is 0 Å². The Morgan fingerprint density at radius 1 is 1.41 bits per heavy atom. The molecule has 0 N–H and O–H groups in total. The Kier molecular flexibility index (Phi) is 2.79. The number of imidazole rings is 1. The first-order valence-corrected chi connectivity index (χ1v) is 5.34. The molecule has 0 saturated heterocycles. The van der Waals surface area contributed by atoms with Gasteiger partial charge in [-0.05, 0) is 25.1 Å². The van der Waals surface area contributed by atoms with Gasteiger partial charge in [-0.3, -0.25) is 4.79 Å². The molecule has 2 aromatic rings. The van der Waals surface area contributed by atoms with Gasteiger partial charge in [0.15, 0.2) is 17.3 Å². The van der Waals surface area contributed by atoms with Crippen molar-refractivity contribution < 1.29 is 13.8 Å². The lowest BCUT2D eigenvalue weighted by molar-refractivity contribution is -0.597. The summed E-state index contributed by atoms with van der Waals surface area (Å²) in [6.45, 7) is 3.37. The lowest BCUT2D eigenvalue weighted by atomic mass is 10.1. The summed E-state index contributed by atoms with van der Waals surface area (Å²) >= 11 is 0. The molecule has 1 aromatic carbocycles. The van der Waals surface area contributed by atoms with E-state index in [2.05, 4.69) is 0 Å². The lowest BCUT2D eigenvalue weighted by Crippen LogP contribution is -2.29. The maximum Gasteiger partial charge on any atom is 0.249 e. The number of hydrogen-bond acceptors (Lipinski definition) is 1. The van der Waals surface area contributed by atoms with E-state index in [1.54, 1.807) is 23.0 Å². The molecule has 0 saturated carbocycles. The molecule has 2 rings (SSSR count).